The van der Waals surface area contributed by atoms with Gasteiger partial charge in [0.15, 0.2) is 6.61 Å². The van der Waals surface area contributed by atoms with Gasteiger partial charge in [-0.15, -0.1) is 11.3 Å². The zero-order chi connectivity index (χ0) is 19.2. The number of carbonyl (C=O) groups is 2. The minimum Gasteiger partial charge on any atom is -0.455 e. The van der Waals surface area contributed by atoms with Crippen molar-refractivity contribution in [1.29, 1.82) is 0 Å². The number of benzene rings is 2. The molecule has 0 aliphatic carbocycles. The van der Waals surface area contributed by atoms with Gasteiger partial charge in [-0.3, -0.25) is 9.59 Å². The number of nitrogens with zero attached hydrogens (tertiary/aromatic N) is 1. The molecule has 0 unspecified atom stereocenters. The van der Waals surface area contributed by atoms with Crippen molar-refractivity contribution in [3.8, 4) is 10.6 Å². The lowest BCUT2D eigenvalue weighted by Crippen LogP contribution is -2.21. The monoisotopic (exact) mass is 400 g/mol. The smallest absolute Gasteiger partial charge is 0.312 e. The number of hydrogen-bond acceptors (Lipinski definition) is 5. The molecule has 0 radical (unpaired) electrons. The van der Waals surface area contributed by atoms with Crippen LogP contribution in [-0.2, 0) is 20.7 Å². The maximum absolute atomic E-state index is 12.0. The molecule has 0 spiro atoms. The molecule has 0 aliphatic heterocycles. The second kappa shape index (κ2) is 8.79. The van der Waals surface area contributed by atoms with Crippen LogP contribution in [0.5, 0.6) is 0 Å². The van der Waals surface area contributed by atoms with E-state index in [0.29, 0.717) is 16.4 Å². The molecule has 1 amide bonds. The highest BCUT2D eigenvalue weighted by Gasteiger charge is 2.12. The Bertz CT molecular complexity index is 954. The van der Waals surface area contributed by atoms with Crippen LogP contribution in [0.2, 0.25) is 5.02 Å². The van der Waals surface area contributed by atoms with Crippen molar-refractivity contribution in [3.05, 3.63) is 70.2 Å². The number of aromatic nitrogens is 1. The zero-order valence-electron chi connectivity index (χ0n) is 14.6. The predicted molar refractivity (Wildman–Crippen MR) is 107 cm³/mol. The summed E-state index contributed by atoms with van der Waals surface area (Å²) in [5.74, 6) is -0.887. The summed E-state index contributed by atoms with van der Waals surface area (Å²) in [5.41, 5.74) is 3.25. The van der Waals surface area contributed by atoms with Crippen LogP contribution in [0.1, 0.15) is 11.3 Å². The van der Waals surface area contributed by atoms with E-state index < -0.39 is 5.97 Å². The summed E-state index contributed by atoms with van der Waals surface area (Å²) in [6.45, 7) is 1.63. The van der Waals surface area contributed by atoms with Crippen LogP contribution in [0, 0.1) is 6.92 Å². The minimum atomic E-state index is -0.503. The molecule has 0 aliphatic rings. The standard InChI is InChI=1S/C20H17ClN2O3S/c1-13-5-7-16(8-6-13)22-18(24)11-26-19(25)10-17-12-27-20(23-17)14-3-2-4-15(21)9-14/h2-9,12H,10-11H2,1H3,(H,22,24). The lowest BCUT2D eigenvalue weighted by molar-refractivity contribution is -0.146. The molecule has 2 aromatic carbocycles. The van der Waals surface area contributed by atoms with Gasteiger partial charge in [0.25, 0.3) is 5.91 Å². The third-order valence-electron chi connectivity index (χ3n) is 3.65. The van der Waals surface area contributed by atoms with Gasteiger partial charge in [-0.2, -0.15) is 0 Å². The molecular weight excluding hydrogens is 384 g/mol. The number of carbonyl (C=O) groups excluding carboxylic acids is 2. The van der Waals surface area contributed by atoms with E-state index in [4.69, 9.17) is 16.3 Å². The molecule has 0 saturated carbocycles. The molecule has 3 rings (SSSR count). The second-order valence-electron chi connectivity index (χ2n) is 5.91. The minimum absolute atomic E-state index is 0.00881. The Hall–Kier alpha value is -2.70. The molecule has 0 bridgehead atoms. The third kappa shape index (κ3) is 5.64. The fraction of sp³-hybridized carbons (Fsp3) is 0.150. The Morgan fingerprint density at radius 1 is 1.19 bits per heavy atom. The Morgan fingerprint density at radius 2 is 1.96 bits per heavy atom. The largest absolute Gasteiger partial charge is 0.455 e. The lowest BCUT2D eigenvalue weighted by Gasteiger charge is -2.06. The molecule has 7 heteroatoms. The van der Waals surface area contributed by atoms with E-state index >= 15 is 0 Å². The number of amides is 1. The van der Waals surface area contributed by atoms with Gasteiger partial charge < -0.3 is 10.1 Å². The SMILES string of the molecule is Cc1ccc(NC(=O)COC(=O)Cc2csc(-c3cccc(Cl)c3)n2)cc1. The molecule has 1 heterocycles. The summed E-state index contributed by atoms with van der Waals surface area (Å²) in [6.07, 6.45) is 0.00881. The predicted octanol–water partition coefficient (Wildman–Crippen LogP) is 4.50. The van der Waals surface area contributed by atoms with E-state index in [9.17, 15) is 9.59 Å². The molecule has 0 fully saturated rings. The summed E-state index contributed by atoms with van der Waals surface area (Å²) >= 11 is 7.41. The Balaban J connectivity index is 1.49. The van der Waals surface area contributed by atoms with Crippen molar-refractivity contribution in [1.82, 2.24) is 4.98 Å². The normalized spacial score (nSPS) is 10.4. The number of thiazole rings is 1. The van der Waals surface area contributed by atoms with Gasteiger partial charge >= 0.3 is 5.97 Å². The van der Waals surface area contributed by atoms with Gasteiger partial charge in [-0.05, 0) is 31.2 Å². The molecule has 3 aromatic rings. The summed E-state index contributed by atoms with van der Waals surface area (Å²) in [4.78, 5) is 28.2. The fourth-order valence-electron chi connectivity index (χ4n) is 2.32. The quantitative estimate of drug-likeness (QED) is 0.619. The second-order valence-corrected chi connectivity index (χ2v) is 7.20. The highest BCUT2D eigenvalue weighted by molar-refractivity contribution is 7.13. The highest BCUT2D eigenvalue weighted by atomic mass is 35.5. The van der Waals surface area contributed by atoms with Gasteiger partial charge in [0.2, 0.25) is 0 Å². The molecule has 1 aromatic heterocycles. The van der Waals surface area contributed by atoms with Crippen molar-refractivity contribution in [3.63, 3.8) is 0 Å². The van der Waals surface area contributed by atoms with Crippen LogP contribution in [0.3, 0.4) is 0 Å². The number of anilines is 1. The molecular formula is C20H17ClN2O3S. The van der Waals surface area contributed by atoms with Gasteiger partial charge in [-0.1, -0.05) is 41.4 Å². The maximum Gasteiger partial charge on any atom is 0.312 e. The molecule has 0 atom stereocenters. The van der Waals surface area contributed by atoms with Crippen LogP contribution in [-0.4, -0.2) is 23.5 Å². The number of halogens is 1. The summed E-state index contributed by atoms with van der Waals surface area (Å²) in [6, 6.07) is 14.7. The first-order valence-corrected chi connectivity index (χ1v) is 9.48. The van der Waals surface area contributed by atoms with E-state index in [0.717, 1.165) is 16.1 Å². The number of rotatable bonds is 6. The van der Waals surface area contributed by atoms with E-state index in [-0.39, 0.29) is 18.9 Å². The lowest BCUT2D eigenvalue weighted by atomic mass is 10.2. The van der Waals surface area contributed by atoms with Crippen LogP contribution >= 0.6 is 22.9 Å². The number of aryl methyl sites for hydroxylation is 1. The van der Waals surface area contributed by atoms with Crippen LogP contribution < -0.4 is 5.32 Å². The first-order valence-electron chi connectivity index (χ1n) is 8.22. The fourth-order valence-corrected chi connectivity index (χ4v) is 3.33. The first kappa shape index (κ1) is 19.1. The van der Waals surface area contributed by atoms with Crippen LogP contribution in [0.25, 0.3) is 10.6 Å². The van der Waals surface area contributed by atoms with Gasteiger partial charge in [0.1, 0.15) is 5.01 Å². The highest BCUT2D eigenvalue weighted by Crippen LogP contribution is 2.26. The van der Waals surface area contributed by atoms with Crippen molar-refractivity contribution in [2.45, 2.75) is 13.3 Å². The van der Waals surface area contributed by atoms with Crippen molar-refractivity contribution >= 4 is 40.5 Å². The van der Waals surface area contributed by atoms with E-state index in [1.165, 1.54) is 11.3 Å². The summed E-state index contributed by atoms with van der Waals surface area (Å²) in [7, 11) is 0. The van der Waals surface area contributed by atoms with Gasteiger partial charge in [-0.25, -0.2) is 4.98 Å². The van der Waals surface area contributed by atoms with Gasteiger partial charge in [0, 0.05) is 21.7 Å². The maximum atomic E-state index is 12.0. The number of hydrogen-bond donors (Lipinski definition) is 1. The zero-order valence-corrected chi connectivity index (χ0v) is 16.1. The summed E-state index contributed by atoms with van der Waals surface area (Å²) in [5, 5.41) is 5.88. The van der Waals surface area contributed by atoms with Gasteiger partial charge in [0.05, 0.1) is 12.1 Å². The molecule has 0 saturated heterocycles. The first-order chi connectivity index (χ1) is 13.0. The van der Waals surface area contributed by atoms with Crippen LogP contribution in [0.4, 0.5) is 5.69 Å². The topological polar surface area (TPSA) is 68.3 Å². The average molecular weight is 401 g/mol. The number of ether oxygens (including phenoxy) is 1. The Labute approximate surface area is 166 Å². The van der Waals surface area contributed by atoms with Crippen molar-refractivity contribution in [2.24, 2.45) is 0 Å². The number of nitrogens with one attached hydrogen (secondary N) is 1. The van der Waals surface area contributed by atoms with Crippen molar-refractivity contribution < 1.29 is 14.3 Å². The Kier molecular flexibility index (Phi) is 6.21. The average Bonchev–Trinajstić information content (AvgIpc) is 3.10. The summed E-state index contributed by atoms with van der Waals surface area (Å²) < 4.78 is 5.03. The molecule has 5 nitrogen and oxygen atoms in total. The third-order valence-corrected chi connectivity index (χ3v) is 4.82. The molecule has 1 N–H and O–H groups in total. The molecule has 138 valence electrons. The van der Waals surface area contributed by atoms with Crippen LogP contribution in [0.15, 0.2) is 53.9 Å². The van der Waals surface area contributed by atoms with E-state index in [2.05, 4.69) is 10.3 Å². The Morgan fingerprint density at radius 3 is 2.70 bits per heavy atom. The molecule has 27 heavy (non-hydrogen) atoms. The van der Waals surface area contributed by atoms with E-state index in [1.807, 2.05) is 37.3 Å². The van der Waals surface area contributed by atoms with Crippen molar-refractivity contribution in [2.75, 3.05) is 11.9 Å². The van der Waals surface area contributed by atoms with E-state index in [1.54, 1.807) is 23.6 Å². The number of esters is 1.